The number of aliphatic hydroxyl groups is 2. The standard InChI is InChI=1S/C19H24F2N2O7Si.C12H16F2N2O5/c1-10(28-11(2)24)14-15(29-12(3)25)19(20,21)17(30-14)23-9-13(7-8-31(4,5)6)16(26)22-18(23)27;1-3-6-4-16(11(20)15-9(6)19)10-12(13,14)8(18)7(21-10)5(2)17/h9-10,14-15,17H,1-6H3,(H,22,26,27);4-5,7-8,10,17-18H,3H2,1-2H3,(H,15,19,20)/t10?,14-,15-,17-;5?,7-,8-,10-/m11/s1. The quantitative estimate of drug-likeness (QED) is 0.132. The van der Waals surface area contributed by atoms with E-state index >= 15 is 8.78 Å². The van der Waals surface area contributed by atoms with Crippen molar-refractivity contribution in [2.45, 2.75) is 122 Å². The zero-order chi connectivity index (χ0) is 39.7. The van der Waals surface area contributed by atoms with Crippen LogP contribution < -0.4 is 22.5 Å². The van der Waals surface area contributed by atoms with Gasteiger partial charge in [0.05, 0.1) is 6.10 Å². The van der Waals surface area contributed by atoms with Gasteiger partial charge >= 0.3 is 35.2 Å². The highest BCUT2D eigenvalue weighted by Crippen LogP contribution is 2.45. The molecule has 2 aliphatic rings. The van der Waals surface area contributed by atoms with Gasteiger partial charge in [0, 0.05) is 31.8 Å². The highest BCUT2D eigenvalue weighted by Gasteiger charge is 2.64. The lowest BCUT2D eigenvalue weighted by atomic mass is 10.1. The molecule has 52 heavy (non-hydrogen) atoms. The largest absolute Gasteiger partial charge is 0.460 e. The van der Waals surface area contributed by atoms with Crippen molar-refractivity contribution in [1.82, 2.24) is 19.1 Å². The van der Waals surface area contributed by atoms with E-state index in [9.17, 15) is 47.8 Å². The van der Waals surface area contributed by atoms with Gasteiger partial charge < -0.3 is 29.2 Å². The minimum absolute atomic E-state index is 0.129. The number of hydrogen-bond acceptors (Lipinski definition) is 12. The number of carbonyl (C=O) groups is 2. The Bertz CT molecular complexity index is 1960. The summed E-state index contributed by atoms with van der Waals surface area (Å²) in [5.74, 6) is -6.81. The summed E-state index contributed by atoms with van der Waals surface area (Å²) >= 11 is 0. The Morgan fingerprint density at radius 1 is 0.923 bits per heavy atom. The molecule has 8 atom stereocenters. The van der Waals surface area contributed by atoms with E-state index < -0.39 is 103 Å². The first kappa shape index (κ1) is 42.1. The van der Waals surface area contributed by atoms with Crippen LogP contribution in [0.1, 0.15) is 58.2 Å². The fraction of sp³-hybridized carbons (Fsp3) is 0.613. The average molecular weight is 765 g/mol. The highest BCUT2D eigenvalue weighted by molar-refractivity contribution is 6.83. The number of aryl methyl sites for hydroxylation is 1. The number of aromatic nitrogens is 4. The lowest BCUT2D eigenvalue weighted by Gasteiger charge is -2.25. The maximum absolute atomic E-state index is 15.2. The third kappa shape index (κ3) is 9.16. The van der Waals surface area contributed by atoms with Crippen LogP contribution in [0.4, 0.5) is 17.6 Å². The Morgan fingerprint density at radius 3 is 1.92 bits per heavy atom. The predicted molar refractivity (Wildman–Crippen MR) is 174 cm³/mol. The molecule has 0 saturated carbocycles. The molecule has 2 aromatic heterocycles. The lowest BCUT2D eigenvalue weighted by Crippen LogP contribution is -2.46. The molecule has 4 heterocycles. The van der Waals surface area contributed by atoms with Gasteiger partial charge in [-0.25, -0.2) is 9.59 Å². The summed E-state index contributed by atoms with van der Waals surface area (Å²) in [5.41, 5.74) is -0.855. The summed E-state index contributed by atoms with van der Waals surface area (Å²) in [6, 6.07) is 0. The van der Waals surface area contributed by atoms with Crippen molar-refractivity contribution in [3.63, 3.8) is 0 Å². The van der Waals surface area contributed by atoms with Crippen LogP contribution in [-0.4, -0.2) is 97.8 Å². The highest BCUT2D eigenvalue weighted by atomic mass is 28.3. The van der Waals surface area contributed by atoms with Crippen molar-refractivity contribution in [1.29, 1.82) is 0 Å². The number of carbonyl (C=O) groups excluding carboxylic acids is 2. The van der Waals surface area contributed by atoms with Crippen molar-refractivity contribution in [3.8, 4) is 11.5 Å². The monoisotopic (exact) mass is 764 g/mol. The molecule has 4 N–H and O–H groups in total. The van der Waals surface area contributed by atoms with Gasteiger partial charge in [-0.05, 0) is 20.3 Å². The summed E-state index contributed by atoms with van der Waals surface area (Å²) in [5, 5.41) is 18.9. The Balaban J connectivity index is 0.000000302. The van der Waals surface area contributed by atoms with E-state index in [1.165, 1.54) is 13.8 Å². The smallest absolute Gasteiger partial charge is 0.331 e. The molecule has 0 spiro atoms. The number of rotatable bonds is 7. The van der Waals surface area contributed by atoms with Crippen molar-refractivity contribution in [2.75, 3.05) is 0 Å². The molecule has 16 nitrogen and oxygen atoms in total. The summed E-state index contributed by atoms with van der Waals surface area (Å²) in [6.45, 7) is 11.9. The molecule has 0 aromatic carbocycles. The Morgan fingerprint density at radius 2 is 1.44 bits per heavy atom. The van der Waals surface area contributed by atoms with Gasteiger partial charge in [-0.2, -0.15) is 17.6 Å². The maximum atomic E-state index is 15.2. The second-order valence-corrected chi connectivity index (χ2v) is 17.9. The number of nitrogens with zero attached hydrogens (tertiary/aromatic N) is 2. The molecule has 2 saturated heterocycles. The van der Waals surface area contributed by atoms with E-state index in [0.717, 1.165) is 26.2 Å². The van der Waals surface area contributed by atoms with Crippen LogP contribution >= 0.6 is 0 Å². The summed E-state index contributed by atoms with van der Waals surface area (Å²) in [4.78, 5) is 74.1. The Kier molecular flexibility index (Phi) is 12.7. The van der Waals surface area contributed by atoms with Gasteiger partial charge in [0.25, 0.3) is 11.1 Å². The summed E-state index contributed by atoms with van der Waals surface area (Å²) < 4.78 is 79.6. The van der Waals surface area contributed by atoms with E-state index in [1.807, 2.05) is 29.6 Å². The molecule has 0 bridgehead atoms. The summed E-state index contributed by atoms with van der Waals surface area (Å²) in [7, 11) is -1.91. The topological polar surface area (TPSA) is 221 Å². The maximum Gasteiger partial charge on any atom is 0.331 e. The number of halogens is 4. The number of ether oxygens (including phenoxy) is 4. The van der Waals surface area contributed by atoms with Crippen LogP contribution in [0.15, 0.2) is 31.6 Å². The number of hydrogen-bond donors (Lipinski definition) is 4. The van der Waals surface area contributed by atoms with Crippen LogP contribution in [-0.2, 0) is 35.0 Å². The van der Waals surface area contributed by atoms with E-state index in [1.54, 1.807) is 6.92 Å². The SMILES string of the molecule is CC(=O)OC(C)[C@H]1O[C@@H](n2cc(C#C[Si](C)(C)C)c(=O)[nH]c2=O)C(F)(F)[C@@H]1OC(C)=O.CCc1cn([C@@H]2O[C@H](C(C)O)[C@@H](O)C2(F)F)c(=O)[nH]c1=O. The van der Waals surface area contributed by atoms with Crippen LogP contribution in [0, 0.1) is 11.5 Å². The van der Waals surface area contributed by atoms with Crippen molar-refractivity contribution >= 4 is 20.0 Å². The van der Waals surface area contributed by atoms with Gasteiger partial charge in [0.2, 0.25) is 12.5 Å². The Labute approximate surface area is 293 Å². The number of aromatic amines is 2. The third-order valence-electron chi connectivity index (χ3n) is 7.66. The first-order valence-corrected chi connectivity index (χ1v) is 19.3. The minimum Gasteiger partial charge on any atom is -0.460 e. The van der Waals surface area contributed by atoms with E-state index in [2.05, 4.69) is 11.5 Å². The molecule has 288 valence electrons. The minimum atomic E-state index is -3.89. The van der Waals surface area contributed by atoms with Crippen LogP contribution in [0.25, 0.3) is 0 Å². The number of alkyl halides is 4. The fourth-order valence-corrected chi connectivity index (χ4v) is 5.71. The van der Waals surface area contributed by atoms with E-state index in [4.69, 9.17) is 18.9 Å². The van der Waals surface area contributed by atoms with Gasteiger partial charge in [0.15, 0.2) is 12.2 Å². The molecule has 4 rings (SSSR count). The van der Waals surface area contributed by atoms with E-state index in [-0.39, 0.29) is 17.5 Å². The first-order chi connectivity index (χ1) is 23.8. The third-order valence-corrected chi connectivity index (χ3v) is 8.54. The van der Waals surface area contributed by atoms with Gasteiger partial charge in [-0.3, -0.25) is 38.3 Å². The van der Waals surface area contributed by atoms with Gasteiger partial charge in [0.1, 0.15) is 31.9 Å². The van der Waals surface area contributed by atoms with Crippen molar-refractivity contribution in [3.05, 3.63) is 65.2 Å². The van der Waals surface area contributed by atoms with Gasteiger partial charge in [-0.1, -0.05) is 32.5 Å². The molecule has 2 unspecified atom stereocenters. The first-order valence-electron chi connectivity index (χ1n) is 15.8. The number of H-pyrrole nitrogens is 2. The molecule has 2 aliphatic heterocycles. The second kappa shape index (κ2) is 15.7. The summed E-state index contributed by atoms with van der Waals surface area (Å²) in [6.07, 6.45) is -12.3. The molecular weight excluding hydrogens is 724 g/mol. The van der Waals surface area contributed by atoms with Crippen LogP contribution in [0.3, 0.4) is 0 Å². The predicted octanol–water partition coefficient (Wildman–Crippen LogP) is 0.555. The molecule has 0 radical (unpaired) electrons. The number of esters is 2. The molecule has 2 aromatic rings. The normalized spacial score (nSPS) is 25.9. The van der Waals surface area contributed by atoms with E-state index in [0.29, 0.717) is 9.13 Å². The molecule has 21 heteroatoms. The second-order valence-electron chi connectivity index (χ2n) is 13.2. The molecule has 0 amide bonds. The fourth-order valence-electron chi connectivity index (χ4n) is 5.20. The molecule has 2 fully saturated rings. The number of aliphatic hydroxyl groups excluding tert-OH is 2. The zero-order valence-electron chi connectivity index (χ0n) is 29.4. The van der Waals surface area contributed by atoms with Crippen LogP contribution in [0.2, 0.25) is 19.6 Å². The lowest BCUT2D eigenvalue weighted by molar-refractivity contribution is -0.176. The van der Waals surface area contributed by atoms with Gasteiger partial charge in [-0.15, -0.1) is 5.54 Å². The zero-order valence-corrected chi connectivity index (χ0v) is 30.4. The van der Waals surface area contributed by atoms with Crippen molar-refractivity contribution in [2.24, 2.45) is 0 Å². The van der Waals surface area contributed by atoms with Crippen LogP contribution in [0.5, 0.6) is 0 Å². The molecular formula is C31H40F4N4O12Si. The Hall–Kier alpha value is -4.36. The average Bonchev–Trinajstić information content (AvgIpc) is 3.39. The molecule has 0 aliphatic carbocycles. The number of nitrogens with one attached hydrogen (secondary N) is 2. The van der Waals surface area contributed by atoms with Crippen molar-refractivity contribution < 1.29 is 56.3 Å².